The molecule has 3 nitrogen and oxygen atoms in total. The summed E-state index contributed by atoms with van der Waals surface area (Å²) in [5.41, 5.74) is 7.55. The number of hydrogen-bond acceptors (Lipinski definition) is 4. The summed E-state index contributed by atoms with van der Waals surface area (Å²) < 4.78 is 0.440. The highest BCUT2D eigenvalue weighted by Crippen LogP contribution is 2.42. The number of thioether (sulfide) groups is 1. The summed E-state index contributed by atoms with van der Waals surface area (Å²) in [5, 5.41) is 3.42. The second-order valence-corrected chi connectivity index (χ2v) is 5.33. The first-order valence-corrected chi connectivity index (χ1v) is 6.47. The summed E-state index contributed by atoms with van der Waals surface area (Å²) in [6.07, 6.45) is 9.63. The third-order valence-electron chi connectivity index (χ3n) is 3.15. The van der Waals surface area contributed by atoms with Crippen LogP contribution in [0.4, 0.5) is 11.4 Å². The maximum atomic E-state index is 5.82. The first kappa shape index (κ1) is 10.6. The minimum atomic E-state index is 0.440. The molecule has 82 valence electrons. The van der Waals surface area contributed by atoms with Crippen molar-refractivity contribution in [1.82, 2.24) is 4.98 Å². The lowest BCUT2D eigenvalue weighted by Crippen LogP contribution is -2.40. The third kappa shape index (κ3) is 2.20. The number of rotatable bonds is 4. The van der Waals surface area contributed by atoms with Gasteiger partial charge in [0.2, 0.25) is 0 Å². The van der Waals surface area contributed by atoms with E-state index in [2.05, 4.69) is 16.6 Å². The molecule has 0 atom stereocenters. The van der Waals surface area contributed by atoms with Crippen LogP contribution in [0.15, 0.2) is 18.5 Å². The van der Waals surface area contributed by atoms with Gasteiger partial charge in [0.15, 0.2) is 0 Å². The summed E-state index contributed by atoms with van der Waals surface area (Å²) in [7, 11) is 0. The summed E-state index contributed by atoms with van der Waals surface area (Å²) in [4.78, 5) is 3.97. The molecular formula is C11H17N3S. The highest BCUT2D eigenvalue weighted by atomic mass is 32.2. The molecule has 0 saturated heterocycles. The Morgan fingerprint density at radius 1 is 1.60 bits per heavy atom. The van der Waals surface area contributed by atoms with Crippen LogP contribution in [0.3, 0.4) is 0 Å². The molecule has 2 rings (SSSR count). The van der Waals surface area contributed by atoms with Crippen LogP contribution in [0.2, 0.25) is 0 Å². The van der Waals surface area contributed by atoms with Gasteiger partial charge in [-0.15, -0.1) is 0 Å². The maximum absolute atomic E-state index is 5.82. The molecule has 1 aliphatic carbocycles. The number of aromatic nitrogens is 1. The normalized spacial score (nSPS) is 18.2. The fourth-order valence-corrected chi connectivity index (χ4v) is 2.76. The van der Waals surface area contributed by atoms with Crippen molar-refractivity contribution in [2.24, 2.45) is 0 Å². The van der Waals surface area contributed by atoms with Crippen LogP contribution in [0.1, 0.15) is 19.3 Å². The Balaban J connectivity index is 1.95. The molecule has 3 N–H and O–H groups in total. The quantitative estimate of drug-likeness (QED) is 0.822. The summed E-state index contributed by atoms with van der Waals surface area (Å²) in [6.45, 7) is 1.00. The van der Waals surface area contributed by atoms with Gasteiger partial charge in [0.05, 0.1) is 17.6 Å². The van der Waals surface area contributed by atoms with Crippen LogP contribution in [-0.4, -0.2) is 22.5 Å². The van der Waals surface area contributed by atoms with Gasteiger partial charge in [-0.1, -0.05) is 6.42 Å². The number of pyridine rings is 1. The van der Waals surface area contributed by atoms with Crippen LogP contribution >= 0.6 is 11.8 Å². The first-order chi connectivity index (χ1) is 7.26. The Hall–Kier alpha value is -0.900. The molecule has 0 unspecified atom stereocenters. The van der Waals surface area contributed by atoms with Crippen molar-refractivity contribution in [3.05, 3.63) is 18.5 Å². The highest BCUT2D eigenvalue weighted by Gasteiger charge is 2.35. The van der Waals surface area contributed by atoms with Gasteiger partial charge in [0, 0.05) is 17.5 Å². The van der Waals surface area contributed by atoms with E-state index in [1.54, 1.807) is 12.4 Å². The van der Waals surface area contributed by atoms with E-state index in [0.29, 0.717) is 4.75 Å². The average Bonchev–Trinajstić information content (AvgIpc) is 2.19. The molecule has 0 bridgehead atoms. The SMILES string of the molecule is CSC1(CNc2ccncc2N)CCC1. The summed E-state index contributed by atoms with van der Waals surface area (Å²) in [6, 6.07) is 1.93. The van der Waals surface area contributed by atoms with Crippen molar-refractivity contribution in [3.8, 4) is 0 Å². The van der Waals surface area contributed by atoms with Gasteiger partial charge in [-0.05, 0) is 25.2 Å². The zero-order valence-electron chi connectivity index (χ0n) is 8.99. The van der Waals surface area contributed by atoms with E-state index < -0.39 is 0 Å². The predicted molar refractivity (Wildman–Crippen MR) is 67.2 cm³/mol. The lowest BCUT2D eigenvalue weighted by molar-refractivity contribution is 0.380. The van der Waals surface area contributed by atoms with Crippen LogP contribution in [0.5, 0.6) is 0 Å². The highest BCUT2D eigenvalue weighted by molar-refractivity contribution is 8.00. The van der Waals surface area contributed by atoms with Crippen molar-refractivity contribution < 1.29 is 0 Å². The monoisotopic (exact) mass is 223 g/mol. The van der Waals surface area contributed by atoms with Gasteiger partial charge in [0.25, 0.3) is 0 Å². The molecule has 0 radical (unpaired) electrons. The summed E-state index contributed by atoms with van der Waals surface area (Å²) >= 11 is 1.97. The van der Waals surface area contributed by atoms with E-state index in [0.717, 1.165) is 17.9 Å². The van der Waals surface area contributed by atoms with E-state index in [1.165, 1.54) is 19.3 Å². The predicted octanol–water partition coefficient (Wildman–Crippen LogP) is 2.36. The van der Waals surface area contributed by atoms with Gasteiger partial charge in [0.1, 0.15) is 0 Å². The molecule has 1 fully saturated rings. The van der Waals surface area contributed by atoms with Crippen molar-refractivity contribution >= 4 is 23.1 Å². The zero-order chi connectivity index (χ0) is 10.7. The molecule has 1 heterocycles. The third-order valence-corrected chi connectivity index (χ3v) is 4.57. The molecule has 0 aromatic carbocycles. The van der Waals surface area contributed by atoms with E-state index in [1.807, 2.05) is 17.8 Å². The largest absolute Gasteiger partial charge is 0.396 e. The van der Waals surface area contributed by atoms with Crippen LogP contribution in [0, 0.1) is 0 Å². The van der Waals surface area contributed by atoms with Gasteiger partial charge in [-0.25, -0.2) is 0 Å². The molecule has 1 aliphatic rings. The lowest BCUT2D eigenvalue weighted by atomic mass is 9.84. The number of nitrogens with two attached hydrogens (primary N) is 1. The van der Waals surface area contributed by atoms with Crippen molar-refractivity contribution in [1.29, 1.82) is 0 Å². The lowest BCUT2D eigenvalue weighted by Gasteiger charge is -2.40. The van der Waals surface area contributed by atoms with Gasteiger partial charge in [-0.2, -0.15) is 11.8 Å². The summed E-state index contributed by atoms with van der Waals surface area (Å²) in [5.74, 6) is 0. The Kier molecular flexibility index (Phi) is 3.05. The minimum Gasteiger partial charge on any atom is -0.396 e. The van der Waals surface area contributed by atoms with E-state index >= 15 is 0 Å². The molecule has 15 heavy (non-hydrogen) atoms. The molecule has 0 aliphatic heterocycles. The topological polar surface area (TPSA) is 50.9 Å². The van der Waals surface area contributed by atoms with Gasteiger partial charge < -0.3 is 11.1 Å². The Morgan fingerprint density at radius 2 is 2.40 bits per heavy atom. The van der Waals surface area contributed by atoms with E-state index in [-0.39, 0.29) is 0 Å². The smallest absolute Gasteiger partial charge is 0.0736 e. The van der Waals surface area contributed by atoms with Crippen LogP contribution in [0.25, 0.3) is 0 Å². The maximum Gasteiger partial charge on any atom is 0.0736 e. The number of hydrogen-bond donors (Lipinski definition) is 2. The second-order valence-electron chi connectivity index (χ2n) is 4.06. The first-order valence-electron chi connectivity index (χ1n) is 5.24. The van der Waals surface area contributed by atoms with Crippen molar-refractivity contribution in [3.63, 3.8) is 0 Å². The van der Waals surface area contributed by atoms with Gasteiger partial charge in [-0.3, -0.25) is 4.98 Å². The Morgan fingerprint density at radius 3 is 2.93 bits per heavy atom. The van der Waals surface area contributed by atoms with Crippen LogP contribution < -0.4 is 11.1 Å². The molecule has 4 heteroatoms. The number of nitrogens with one attached hydrogen (secondary N) is 1. The Labute approximate surface area is 94.8 Å². The number of nitrogens with zero attached hydrogens (tertiary/aromatic N) is 1. The molecule has 1 aromatic rings. The minimum absolute atomic E-state index is 0.440. The fraction of sp³-hybridized carbons (Fsp3) is 0.545. The zero-order valence-corrected chi connectivity index (χ0v) is 9.81. The molecule has 0 spiro atoms. The number of anilines is 2. The molecular weight excluding hydrogens is 206 g/mol. The Bertz CT molecular complexity index is 331. The standard InChI is InChI=1S/C11H17N3S/c1-15-11(4-2-5-11)8-14-10-3-6-13-7-9(10)12/h3,6-7H,2,4-5,8,12H2,1H3,(H,13,14). The average molecular weight is 223 g/mol. The van der Waals surface area contributed by atoms with Crippen molar-refractivity contribution in [2.75, 3.05) is 23.9 Å². The van der Waals surface area contributed by atoms with E-state index in [4.69, 9.17) is 5.73 Å². The van der Waals surface area contributed by atoms with Crippen molar-refractivity contribution in [2.45, 2.75) is 24.0 Å². The molecule has 0 amide bonds. The van der Waals surface area contributed by atoms with Crippen LogP contribution in [-0.2, 0) is 0 Å². The second kappa shape index (κ2) is 4.31. The molecule has 1 saturated carbocycles. The number of nitrogen functional groups attached to an aromatic ring is 1. The van der Waals surface area contributed by atoms with Gasteiger partial charge >= 0.3 is 0 Å². The molecule has 1 aromatic heterocycles. The fourth-order valence-electron chi connectivity index (χ4n) is 1.85. The van der Waals surface area contributed by atoms with E-state index in [9.17, 15) is 0 Å².